The molecule has 0 aliphatic heterocycles. The maximum Gasteiger partial charge on any atom is 0.336 e. The summed E-state index contributed by atoms with van der Waals surface area (Å²) in [6.45, 7) is 1.86. The van der Waals surface area contributed by atoms with Gasteiger partial charge in [0.05, 0.1) is 16.8 Å². The van der Waals surface area contributed by atoms with E-state index in [-0.39, 0.29) is 11.5 Å². The maximum atomic E-state index is 11.4. The fourth-order valence-corrected chi connectivity index (χ4v) is 3.47. The van der Waals surface area contributed by atoms with Gasteiger partial charge in [0.15, 0.2) is 0 Å². The third-order valence-electron chi connectivity index (χ3n) is 3.71. The molecular formula is C18H12N4O3S. The van der Waals surface area contributed by atoms with E-state index in [1.165, 1.54) is 17.4 Å². The largest absolute Gasteiger partial charge is 0.478 e. The second kappa shape index (κ2) is 6.49. The Hall–Kier alpha value is -3.39. The highest BCUT2D eigenvalue weighted by Gasteiger charge is 2.20. The second-order valence-corrected chi connectivity index (χ2v) is 6.44. The van der Waals surface area contributed by atoms with Crippen LogP contribution in [0.1, 0.15) is 16.1 Å². The van der Waals surface area contributed by atoms with E-state index in [0.717, 1.165) is 21.1 Å². The second-order valence-electron chi connectivity index (χ2n) is 5.44. The molecule has 1 aromatic carbocycles. The minimum Gasteiger partial charge on any atom is -0.478 e. The van der Waals surface area contributed by atoms with Crippen molar-refractivity contribution in [2.24, 2.45) is 0 Å². The molecule has 8 heteroatoms. The summed E-state index contributed by atoms with van der Waals surface area (Å²) in [5.74, 6) is -0.577. The summed E-state index contributed by atoms with van der Waals surface area (Å²) in [6, 6.07) is 10.3. The SMILES string of the molecule is Cc1nc(-c2cccnc2)sc1-c1nnc(-c2ccccc2C(=O)O)o1. The van der Waals surface area contributed by atoms with Crippen LogP contribution in [0.3, 0.4) is 0 Å². The van der Waals surface area contributed by atoms with E-state index in [9.17, 15) is 9.90 Å². The molecule has 128 valence electrons. The topological polar surface area (TPSA) is 102 Å². The predicted octanol–water partition coefficient (Wildman–Crippen LogP) is 3.93. The van der Waals surface area contributed by atoms with Crippen molar-refractivity contribution in [3.8, 4) is 32.8 Å². The van der Waals surface area contributed by atoms with Gasteiger partial charge < -0.3 is 9.52 Å². The molecule has 0 spiro atoms. The van der Waals surface area contributed by atoms with Gasteiger partial charge in [-0.15, -0.1) is 21.5 Å². The number of carboxylic acid groups (broad SMARTS) is 1. The number of aromatic nitrogens is 4. The Morgan fingerprint density at radius 1 is 1.12 bits per heavy atom. The summed E-state index contributed by atoms with van der Waals surface area (Å²) < 4.78 is 5.75. The highest BCUT2D eigenvalue weighted by atomic mass is 32.1. The summed E-state index contributed by atoms with van der Waals surface area (Å²) in [5, 5.41) is 18.2. The molecule has 0 aliphatic carbocycles. The van der Waals surface area contributed by atoms with Crippen molar-refractivity contribution in [2.45, 2.75) is 6.92 Å². The number of hydrogen-bond acceptors (Lipinski definition) is 7. The summed E-state index contributed by atoms with van der Waals surface area (Å²) in [5.41, 5.74) is 2.16. The highest BCUT2D eigenvalue weighted by Crippen LogP contribution is 2.35. The molecule has 0 fully saturated rings. The zero-order valence-corrected chi connectivity index (χ0v) is 14.4. The van der Waals surface area contributed by atoms with Crippen molar-refractivity contribution in [3.05, 3.63) is 60.0 Å². The lowest BCUT2D eigenvalue weighted by Gasteiger charge is -1.99. The fraction of sp³-hybridized carbons (Fsp3) is 0.0556. The van der Waals surface area contributed by atoms with Crippen LogP contribution in [-0.2, 0) is 0 Å². The predicted molar refractivity (Wildman–Crippen MR) is 95.8 cm³/mol. The monoisotopic (exact) mass is 364 g/mol. The Balaban J connectivity index is 1.74. The van der Waals surface area contributed by atoms with Crippen LogP contribution in [0.5, 0.6) is 0 Å². The van der Waals surface area contributed by atoms with Crippen LogP contribution in [0.4, 0.5) is 0 Å². The lowest BCUT2D eigenvalue weighted by Crippen LogP contribution is -1.98. The third kappa shape index (κ3) is 2.86. The number of pyridine rings is 1. The number of benzene rings is 1. The van der Waals surface area contributed by atoms with Crippen molar-refractivity contribution in [1.82, 2.24) is 20.2 Å². The van der Waals surface area contributed by atoms with E-state index in [4.69, 9.17) is 4.42 Å². The van der Waals surface area contributed by atoms with Gasteiger partial charge in [-0.25, -0.2) is 9.78 Å². The minimum absolute atomic E-state index is 0.111. The molecule has 3 aromatic heterocycles. The van der Waals surface area contributed by atoms with Gasteiger partial charge in [-0.1, -0.05) is 12.1 Å². The molecule has 0 saturated carbocycles. The van der Waals surface area contributed by atoms with Crippen LogP contribution in [0, 0.1) is 6.92 Å². The minimum atomic E-state index is -1.05. The van der Waals surface area contributed by atoms with Crippen LogP contribution in [0.2, 0.25) is 0 Å². The van der Waals surface area contributed by atoms with Crippen molar-refractivity contribution in [2.75, 3.05) is 0 Å². The molecule has 4 rings (SSSR count). The van der Waals surface area contributed by atoms with Crippen molar-refractivity contribution < 1.29 is 14.3 Å². The van der Waals surface area contributed by atoms with E-state index in [1.807, 2.05) is 19.1 Å². The average Bonchev–Trinajstić information content (AvgIpc) is 3.29. The van der Waals surface area contributed by atoms with E-state index in [2.05, 4.69) is 20.2 Å². The molecule has 3 heterocycles. The molecule has 1 N–H and O–H groups in total. The van der Waals surface area contributed by atoms with Gasteiger partial charge in [0, 0.05) is 18.0 Å². The first kappa shape index (κ1) is 16.1. The number of carbonyl (C=O) groups is 1. The molecule has 0 aliphatic rings. The third-order valence-corrected chi connectivity index (χ3v) is 4.91. The van der Waals surface area contributed by atoms with E-state index in [0.29, 0.717) is 11.5 Å². The van der Waals surface area contributed by atoms with Gasteiger partial charge in [-0.3, -0.25) is 4.98 Å². The Morgan fingerprint density at radius 2 is 1.92 bits per heavy atom. The van der Waals surface area contributed by atoms with Gasteiger partial charge in [-0.05, 0) is 31.2 Å². The Kier molecular flexibility index (Phi) is 4.02. The van der Waals surface area contributed by atoms with Crippen molar-refractivity contribution in [3.63, 3.8) is 0 Å². The zero-order chi connectivity index (χ0) is 18.1. The molecule has 26 heavy (non-hydrogen) atoms. The van der Waals surface area contributed by atoms with Gasteiger partial charge in [-0.2, -0.15) is 0 Å². The van der Waals surface area contributed by atoms with Crippen LogP contribution in [0.15, 0.2) is 53.2 Å². The Morgan fingerprint density at radius 3 is 2.69 bits per heavy atom. The fourth-order valence-electron chi connectivity index (χ4n) is 2.49. The first-order valence-electron chi connectivity index (χ1n) is 7.68. The Bertz CT molecular complexity index is 1090. The first-order valence-corrected chi connectivity index (χ1v) is 8.49. The number of rotatable bonds is 4. The lowest BCUT2D eigenvalue weighted by molar-refractivity contribution is 0.0697. The lowest BCUT2D eigenvalue weighted by atomic mass is 10.1. The standard InChI is InChI=1S/C18H12N4O3S/c1-10-14(26-17(20-10)11-5-4-8-19-9-11)16-22-21-15(25-16)12-6-2-3-7-13(12)18(23)24/h2-9H,1H3,(H,23,24). The molecule has 0 amide bonds. The number of nitrogens with zero attached hydrogens (tertiary/aromatic N) is 4. The van der Waals surface area contributed by atoms with Gasteiger partial charge >= 0.3 is 5.97 Å². The molecule has 7 nitrogen and oxygen atoms in total. The molecule has 0 radical (unpaired) electrons. The van der Waals surface area contributed by atoms with Crippen LogP contribution in [-0.4, -0.2) is 31.2 Å². The van der Waals surface area contributed by atoms with Gasteiger partial charge in [0.2, 0.25) is 5.89 Å². The number of aromatic carboxylic acids is 1. The summed E-state index contributed by atoms with van der Waals surface area (Å²) in [7, 11) is 0. The van der Waals surface area contributed by atoms with Crippen molar-refractivity contribution >= 4 is 17.3 Å². The Labute approximate surface area is 152 Å². The van der Waals surface area contributed by atoms with Crippen LogP contribution in [0.25, 0.3) is 32.8 Å². The summed E-state index contributed by atoms with van der Waals surface area (Å²) >= 11 is 1.42. The number of hydrogen-bond donors (Lipinski definition) is 1. The molecule has 0 saturated heterocycles. The van der Waals surface area contributed by atoms with E-state index in [1.54, 1.807) is 30.6 Å². The molecule has 0 bridgehead atoms. The number of aryl methyl sites for hydroxylation is 1. The molecular weight excluding hydrogens is 352 g/mol. The highest BCUT2D eigenvalue weighted by molar-refractivity contribution is 7.18. The van der Waals surface area contributed by atoms with Crippen LogP contribution < -0.4 is 0 Å². The average molecular weight is 364 g/mol. The molecule has 0 unspecified atom stereocenters. The van der Waals surface area contributed by atoms with Crippen molar-refractivity contribution in [1.29, 1.82) is 0 Å². The number of thiazole rings is 1. The van der Waals surface area contributed by atoms with Crippen LogP contribution >= 0.6 is 11.3 Å². The summed E-state index contributed by atoms with van der Waals surface area (Å²) in [6.07, 6.45) is 3.44. The summed E-state index contributed by atoms with van der Waals surface area (Å²) in [4.78, 5) is 20.8. The van der Waals surface area contributed by atoms with Gasteiger partial charge in [0.1, 0.15) is 9.88 Å². The number of carboxylic acids is 1. The maximum absolute atomic E-state index is 11.4. The van der Waals surface area contributed by atoms with E-state index < -0.39 is 5.97 Å². The normalized spacial score (nSPS) is 10.8. The quantitative estimate of drug-likeness (QED) is 0.585. The molecule has 4 aromatic rings. The zero-order valence-electron chi connectivity index (χ0n) is 13.6. The van der Waals surface area contributed by atoms with Gasteiger partial charge in [0.25, 0.3) is 5.89 Å². The molecule has 0 atom stereocenters. The first-order chi connectivity index (χ1) is 12.6. The van der Waals surface area contributed by atoms with E-state index >= 15 is 0 Å². The smallest absolute Gasteiger partial charge is 0.336 e.